The first-order valence-electron chi connectivity index (χ1n) is 6.40. The Labute approximate surface area is 126 Å². The van der Waals surface area contributed by atoms with Crippen molar-refractivity contribution >= 4 is 28.2 Å². The molecule has 0 spiro atoms. The molecular weight excluding hydrogens is 290 g/mol. The molecule has 0 aliphatic heterocycles. The van der Waals surface area contributed by atoms with Crippen LogP contribution in [0.15, 0.2) is 18.3 Å². The molecule has 0 aromatic carbocycles. The second kappa shape index (κ2) is 6.45. The van der Waals surface area contributed by atoms with Gasteiger partial charge in [-0.05, 0) is 26.0 Å². The number of amides is 1. The van der Waals surface area contributed by atoms with Crippen molar-refractivity contribution in [2.75, 3.05) is 11.9 Å². The molecule has 0 bridgehead atoms. The van der Waals surface area contributed by atoms with Crippen LogP contribution in [0.1, 0.15) is 39.6 Å². The van der Waals surface area contributed by atoms with E-state index in [1.165, 1.54) is 6.92 Å². The first-order chi connectivity index (χ1) is 10.0. The molecule has 110 valence electrons. The highest BCUT2D eigenvalue weighted by Gasteiger charge is 2.17. The predicted molar refractivity (Wildman–Crippen MR) is 80.2 cm³/mol. The Morgan fingerprint density at radius 3 is 2.81 bits per heavy atom. The van der Waals surface area contributed by atoms with E-state index in [4.69, 9.17) is 4.74 Å². The zero-order valence-corrected chi connectivity index (χ0v) is 12.8. The molecule has 2 rings (SSSR count). The maximum Gasteiger partial charge on any atom is 0.262 e. The number of carbonyl (C=O) groups excluding carboxylic acids is 2. The van der Waals surface area contributed by atoms with Crippen LogP contribution >= 0.6 is 11.3 Å². The van der Waals surface area contributed by atoms with Crippen molar-refractivity contribution in [3.63, 3.8) is 0 Å². The molecule has 0 aliphatic carbocycles. The highest BCUT2D eigenvalue weighted by molar-refractivity contribution is 7.17. The van der Waals surface area contributed by atoms with E-state index in [-0.39, 0.29) is 17.6 Å². The van der Waals surface area contributed by atoms with Gasteiger partial charge in [0.05, 0.1) is 17.2 Å². The van der Waals surface area contributed by atoms with Crippen LogP contribution in [0.3, 0.4) is 0 Å². The zero-order valence-electron chi connectivity index (χ0n) is 12.0. The lowest BCUT2D eigenvalue weighted by Crippen LogP contribution is -2.14. The van der Waals surface area contributed by atoms with Crippen LogP contribution in [0.5, 0.6) is 5.88 Å². The smallest absolute Gasteiger partial charge is 0.262 e. The fourth-order valence-electron chi connectivity index (χ4n) is 1.76. The summed E-state index contributed by atoms with van der Waals surface area (Å²) in [6, 6.07) is 3.28. The minimum atomic E-state index is -0.365. The second-order valence-electron chi connectivity index (χ2n) is 4.23. The van der Waals surface area contributed by atoms with Gasteiger partial charge in [-0.15, -0.1) is 0 Å². The minimum absolute atomic E-state index is 0.0677. The molecule has 2 heterocycles. The van der Waals surface area contributed by atoms with Crippen LogP contribution in [-0.2, 0) is 0 Å². The van der Waals surface area contributed by atoms with Gasteiger partial charge in [0.15, 0.2) is 10.9 Å². The number of carbonyl (C=O) groups is 2. The summed E-state index contributed by atoms with van der Waals surface area (Å²) in [5.41, 5.74) is 0.940. The SMILES string of the molecule is CCOc1ncccc1C(=O)Nc1nc(C)c(C(C)=O)s1. The molecule has 0 radical (unpaired) electrons. The predicted octanol–water partition coefficient (Wildman–Crippen LogP) is 2.70. The molecule has 0 unspecified atom stereocenters. The Kier molecular flexibility index (Phi) is 4.64. The van der Waals surface area contributed by atoms with E-state index < -0.39 is 0 Å². The molecule has 6 nitrogen and oxygen atoms in total. The number of pyridine rings is 1. The average molecular weight is 305 g/mol. The number of nitrogens with one attached hydrogen (secondary N) is 1. The largest absolute Gasteiger partial charge is 0.477 e. The molecule has 0 saturated carbocycles. The zero-order chi connectivity index (χ0) is 15.4. The normalized spacial score (nSPS) is 10.2. The lowest BCUT2D eigenvalue weighted by molar-refractivity contribution is 0.101. The molecule has 0 fully saturated rings. The molecule has 21 heavy (non-hydrogen) atoms. The minimum Gasteiger partial charge on any atom is -0.477 e. The van der Waals surface area contributed by atoms with Crippen LogP contribution in [0.4, 0.5) is 5.13 Å². The third-order valence-electron chi connectivity index (χ3n) is 2.63. The fraction of sp³-hybridized carbons (Fsp3) is 0.286. The number of rotatable bonds is 5. The number of Topliss-reactive ketones (excluding diaryl/α,β-unsaturated/α-hetero) is 1. The number of ether oxygens (including phenoxy) is 1. The molecule has 0 saturated heterocycles. The summed E-state index contributed by atoms with van der Waals surface area (Å²) in [5.74, 6) is -0.158. The summed E-state index contributed by atoms with van der Waals surface area (Å²) >= 11 is 1.16. The Balaban J connectivity index is 2.22. The van der Waals surface area contributed by atoms with Gasteiger partial charge in [0.25, 0.3) is 5.91 Å². The standard InChI is InChI=1S/C14H15N3O3S/c1-4-20-13-10(6-5-7-15-13)12(19)17-14-16-8(2)11(21-14)9(3)18/h5-7H,4H2,1-3H3,(H,16,17,19). The molecular formula is C14H15N3O3S. The number of hydrogen-bond donors (Lipinski definition) is 1. The van der Waals surface area contributed by atoms with Crippen LogP contribution in [-0.4, -0.2) is 28.3 Å². The summed E-state index contributed by atoms with van der Waals surface area (Å²) in [5, 5.41) is 3.05. The van der Waals surface area contributed by atoms with E-state index in [0.717, 1.165) is 11.3 Å². The topological polar surface area (TPSA) is 81.2 Å². The molecule has 2 aromatic heterocycles. The highest BCUT2D eigenvalue weighted by Crippen LogP contribution is 2.24. The summed E-state index contributed by atoms with van der Waals surface area (Å²) in [7, 11) is 0. The third-order valence-corrected chi connectivity index (χ3v) is 3.81. The van der Waals surface area contributed by atoms with E-state index in [1.807, 2.05) is 6.92 Å². The van der Waals surface area contributed by atoms with E-state index in [1.54, 1.807) is 25.3 Å². The van der Waals surface area contributed by atoms with Gasteiger partial charge >= 0.3 is 0 Å². The summed E-state index contributed by atoms with van der Waals surface area (Å²) in [6.45, 7) is 5.45. The van der Waals surface area contributed by atoms with Gasteiger partial charge in [-0.1, -0.05) is 11.3 Å². The van der Waals surface area contributed by atoms with Gasteiger partial charge in [0, 0.05) is 13.1 Å². The molecule has 0 aliphatic rings. The van der Waals surface area contributed by atoms with Crippen molar-refractivity contribution in [3.05, 3.63) is 34.5 Å². The van der Waals surface area contributed by atoms with E-state index in [9.17, 15) is 9.59 Å². The van der Waals surface area contributed by atoms with Crippen molar-refractivity contribution in [3.8, 4) is 5.88 Å². The van der Waals surface area contributed by atoms with Crippen molar-refractivity contribution in [1.29, 1.82) is 0 Å². The molecule has 0 atom stereocenters. The number of nitrogens with zero attached hydrogens (tertiary/aromatic N) is 2. The molecule has 2 aromatic rings. The van der Waals surface area contributed by atoms with Crippen LogP contribution in [0.2, 0.25) is 0 Å². The summed E-state index contributed by atoms with van der Waals surface area (Å²) in [6.07, 6.45) is 1.56. The summed E-state index contributed by atoms with van der Waals surface area (Å²) < 4.78 is 5.32. The number of ketones is 1. The van der Waals surface area contributed by atoms with Gasteiger partial charge in [-0.25, -0.2) is 9.97 Å². The lowest BCUT2D eigenvalue weighted by Gasteiger charge is -2.07. The maximum absolute atomic E-state index is 12.3. The van der Waals surface area contributed by atoms with Crippen molar-refractivity contribution < 1.29 is 14.3 Å². The Morgan fingerprint density at radius 2 is 2.19 bits per heavy atom. The van der Waals surface area contributed by atoms with Crippen molar-refractivity contribution in [2.45, 2.75) is 20.8 Å². The average Bonchev–Trinajstić information content (AvgIpc) is 2.80. The van der Waals surface area contributed by atoms with E-state index >= 15 is 0 Å². The third kappa shape index (κ3) is 3.43. The quantitative estimate of drug-likeness (QED) is 0.859. The van der Waals surface area contributed by atoms with Crippen LogP contribution < -0.4 is 10.1 Å². The number of thiazole rings is 1. The first kappa shape index (κ1) is 15.1. The van der Waals surface area contributed by atoms with Gasteiger partial charge in [-0.2, -0.15) is 0 Å². The van der Waals surface area contributed by atoms with Crippen LogP contribution in [0.25, 0.3) is 0 Å². The lowest BCUT2D eigenvalue weighted by atomic mass is 10.2. The van der Waals surface area contributed by atoms with Crippen molar-refractivity contribution in [1.82, 2.24) is 9.97 Å². The highest BCUT2D eigenvalue weighted by atomic mass is 32.1. The number of anilines is 1. The van der Waals surface area contributed by atoms with Gasteiger partial charge in [0.1, 0.15) is 5.56 Å². The maximum atomic E-state index is 12.3. The Morgan fingerprint density at radius 1 is 1.43 bits per heavy atom. The number of hydrogen-bond acceptors (Lipinski definition) is 6. The van der Waals surface area contributed by atoms with E-state index in [2.05, 4.69) is 15.3 Å². The van der Waals surface area contributed by atoms with Crippen molar-refractivity contribution in [2.24, 2.45) is 0 Å². The molecule has 1 amide bonds. The molecule has 1 N–H and O–H groups in total. The van der Waals surface area contributed by atoms with Gasteiger partial charge in [0.2, 0.25) is 5.88 Å². The Hall–Kier alpha value is -2.28. The van der Waals surface area contributed by atoms with E-state index in [0.29, 0.717) is 27.9 Å². The fourth-order valence-corrected chi connectivity index (χ4v) is 2.61. The molecule has 7 heteroatoms. The summed E-state index contributed by atoms with van der Waals surface area (Å²) in [4.78, 5) is 32.4. The number of aryl methyl sites for hydroxylation is 1. The van der Waals surface area contributed by atoms with Crippen LogP contribution in [0, 0.1) is 6.92 Å². The van der Waals surface area contributed by atoms with Gasteiger partial charge in [-0.3, -0.25) is 14.9 Å². The second-order valence-corrected chi connectivity index (χ2v) is 5.23. The Bertz CT molecular complexity index is 682. The first-order valence-corrected chi connectivity index (χ1v) is 7.22. The van der Waals surface area contributed by atoms with Gasteiger partial charge < -0.3 is 4.74 Å². The number of aromatic nitrogens is 2. The monoisotopic (exact) mass is 305 g/mol.